The third kappa shape index (κ3) is 4.85. The number of para-hydroxylation sites is 1. The third-order valence-corrected chi connectivity index (χ3v) is 4.01. The number of benzene rings is 1. The molecule has 1 aromatic heterocycles. The minimum absolute atomic E-state index is 0.216. The van der Waals surface area contributed by atoms with Crippen molar-refractivity contribution in [2.45, 2.75) is 13.0 Å². The monoisotopic (exact) mass is 321 g/mol. The van der Waals surface area contributed by atoms with E-state index < -0.39 is 0 Å². The molecule has 0 aliphatic rings. The molecule has 0 amide bonds. The molecule has 1 aromatic carbocycles. The van der Waals surface area contributed by atoms with E-state index in [9.17, 15) is 0 Å². The van der Waals surface area contributed by atoms with Crippen molar-refractivity contribution in [3.05, 3.63) is 24.3 Å². The number of thiazole rings is 1. The lowest BCUT2D eigenvalue weighted by molar-refractivity contribution is 0.179. The van der Waals surface area contributed by atoms with Gasteiger partial charge in [-0.25, -0.2) is 4.98 Å². The average molecular weight is 321 g/mol. The third-order valence-electron chi connectivity index (χ3n) is 3.01. The van der Waals surface area contributed by atoms with Crippen LogP contribution < -0.4 is 16.0 Å². The maximum absolute atomic E-state index is 5.10. The number of aliphatic imine (C=N–C) groups is 1. The topological polar surface area (TPSA) is 70.6 Å². The van der Waals surface area contributed by atoms with E-state index >= 15 is 0 Å². The van der Waals surface area contributed by atoms with Crippen LogP contribution in [0.2, 0.25) is 0 Å². The number of rotatable bonds is 7. The van der Waals surface area contributed by atoms with Crippen molar-refractivity contribution in [3.63, 3.8) is 0 Å². The maximum atomic E-state index is 5.10. The molecule has 0 aliphatic carbocycles. The summed E-state index contributed by atoms with van der Waals surface area (Å²) in [7, 11) is 3.45. The Balaban J connectivity index is 1.73. The predicted octanol–water partition coefficient (Wildman–Crippen LogP) is 1.91. The summed E-state index contributed by atoms with van der Waals surface area (Å²) >= 11 is 1.67. The molecule has 0 saturated heterocycles. The van der Waals surface area contributed by atoms with E-state index in [0.29, 0.717) is 6.61 Å². The number of hydrogen-bond acceptors (Lipinski definition) is 5. The van der Waals surface area contributed by atoms with Gasteiger partial charge in [0, 0.05) is 33.3 Å². The Labute approximate surface area is 135 Å². The number of fused-ring (bicyclic) bond motifs is 1. The molecule has 1 unspecified atom stereocenters. The van der Waals surface area contributed by atoms with Gasteiger partial charge in [0.2, 0.25) is 0 Å². The fourth-order valence-electron chi connectivity index (χ4n) is 2.02. The van der Waals surface area contributed by atoms with E-state index in [1.54, 1.807) is 25.5 Å². The van der Waals surface area contributed by atoms with Gasteiger partial charge in [-0.2, -0.15) is 0 Å². The van der Waals surface area contributed by atoms with Gasteiger partial charge in [-0.1, -0.05) is 23.5 Å². The fourth-order valence-corrected chi connectivity index (χ4v) is 2.91. The van der Waals surface area contributed by atoms with Crippen LogP contribution >= 0.6 is 11.3 Å². The van der Waals surface area contributed by atoms with Gasteiger partial charge in [-0.05, 0) is 19.1 Å². The number of ether oxygens (including phenoxy) is 1. The fraction of sp³-hybridized carbons (Fsp3) is 0.467. The molecule has 1 atom stereocenters. The highest BCUT2D eigenvalue weighted by atomic mass is 32.1. The molecule has 6 nitrogen and oxygen atoms in total. The second-order valence-corrected chi connectivity index (χ2v) is 5.94. The molecule has 2 rings (SSSR count). The van der Waals surface area contributed by atoms with E-state index in [2.05, 4.69) is 38.9 Å². The van der Waals surface area contributed by atoms with Gasteiger partial charge in [0.15, 0.2) is 11.1 Å². The normalized spacial score (nSPS) is 13.1. The van der Waals surface area contributed by atoms with E-state index in [-0.39, 0.29) is 6.04 Å². The van der Waals surface area contributed by atoms with Crippen molar-refractivity contribution >= 4 is 32.6 Å². The number of guanidine groups is 1. The van der Waals surface area contributed by atoms with Gasteiger partial charge >= 0.3 is 0 Å². The average Bonchev–Trinajstić information content (AvgIpc) is 2.93. The molecule has 0 radical (unpaired) electrons. The summed E-state index contributed by atoms with van der Waals surface area (Å²) in [5.74, 6) is 0.774. The number of hydrogen-bond donors (Lipinski definition) is 3. The summed E-state index contributed by atoms with van der Waals surface area (Å²) in [6.07, 6.45) is 0. The first-order valence-corrected chi connectivity index (χ1v) is 8.10. The van der Waals surface area contributed by atoms with Crippen LogP contribution in [-0.4, -0.2) is 50.8 Å². The zero-order valence-corrected chi connectivity index (χ0v) is 14.0. The van der Waals surface area contributed by atoms with Crippen molar-refractivity contribution in [3.8, 4) is 0 Å². The highest BCUT2D eigenvalue weighted by Gasteiger charge is 2.05. The van der Waals surface area contributed by atoms with Gasteiger partial charge in [-0.15, -0.1) is 0 Å². The highest BCUT2D eigenvalue weighted by Crippen LogP contribution is 2.24. The van der Waals surface area contributed by atoms with Crippen molar-refractivity contribution in [1.82, 2.24) is 15.6 Å². The van der Waals surface area contributed by atoms with Crippen LogP contribution in [0.25, 0.3) is 10.2 Å². The molecular formula is C15H23N5OS. The second-order valence-electron chi connectivity index (χ2n) is 4.91. The first-order valence-electron chi connectivity index (χ1n) is 7.28. The van der Waals surface area contributed by atoms with Gasteiger partial charge in [-0.3, -0.25) is 4.99 Å². The number of anilines is 1. The molecule has 2 aromatic rings. The number of methoxy groups -OCH3 is 1. The van der Waals surface area contributed by atoms with E-state index in [4.69, 9.17) is 4.74 Å². The van der Waals surface area contributed by atoms with Crippen molar-refractivity contribution in [1.29, 1.82) is 0 Å². The molecule has 120 valence electrons. The molecule has 0 aliphatic heterocycles. The van der Waals surface area contributed by atoms with Gasteiger partial charge < -0.3 is 20.7 Å². The quantitative estimate of drug-likeness (QED) is 0.413. The summed E-state index contributed by atoms with van der Waals surface area (Å²) < 4.78 is 6.29. The Morgan fingerprint density at radius 3 is 2.91 bits per heavy atom. The molecule has 7 heteroatoms. The summed E-state index contributed by atoms with van der Waals surface area (Å²) in [5.41, 5.74) is 1.04. The van der Waals surface area contributed by atoms with Crippen molar-refractivity contribution in [2.75, 3.05) is 39.2 Å². The number of nitrogens with zero attached hydrogens (tertiary/aromatic N) is 2. The SMILES string of the molecule is CN=C(NCCNc1nc2ccccc2s1)NC(C)COC. The molecule has 22 heavy (non-hydrogen) atoms. The van der Waals surface area contributed by atoms with Gasteiger partial charge in [0.05, 0.1) is 16.8 Å². The Hall–Kier alpha value is -1.86. The van der Waals surface area contributed by atoms with E-state index in [1.807, 2.05) is 18.2 Å². The first-order chi connectivity index (χ1) is 10.7. The van der Waals surface area contributed by atoms with Gasteiger partial charge in [0.1, 0.15) is 0 Å². The van der Waals surface area contributed by atoms with Crippen molar-refractivity contribution in [2.24, 2.45) is 4.99 Å². The Morgan fingerprint density at radius 1 is 1.36 bits per heavy atom. The highest BCUT2D eigenvalue weighted by molar-refractivity contribution is 7.22. The molecule has 0 spiro atoms. The van der Waals surface area contributed by atoms with Crippen LogP contribution in [0.5, 0.6) is 0 Å². The molecule has 3 N–H and O–H groups in total. The minimum atomic E-state index is 0.216. The molecular weight excluding hydrogens is 298 g/mol. The molecule has 0 bridgehead atoms. The lowest BCUT2D eigenvalue weighted by Gasteiger charge is -2.17. The summed E-state index contributed by atoms with van der Waals surface area (Å²) in [6, 6.07) is 8.36. The number of nitrogens with one attached hydrogen (secondary N) is 3. The molecule has 0 fully saturated rings. The summed E-state index contributed by atoms with van der Waals surface area (Å²) in [5, 5.41) is 10.8. The lowest BCUT2D eigenvalue weighted by atomic mass is 10.3. The zero-order valence-electron chi connectivity index (χ0n) is 13.2. The van der Waals surface area contributed by atoms with Crippen LogP contribution in [0, 0.1) is 0 Å². The zero-order chi connectivity index (χ0) is 15.8. The minimum Gasteiger partial charge on any atom is -0.383 e. The standard InChI is InChI=1S/C15H23N5OS/c1-11(10-21-3)19-14(16-2)17-8-9-18-15-20-12-6-4-5-7-13(12)22-15/h4-7,11H,8-10H2,1-3H3,(H,18,20)(H2,16,17,19). The van der Waals surface area contributed by atoms with Gasteiger partial charge in [0.25, 0.3) is 0 Å². The van der Waals surface area contributed by atoms with Crippen LogP contribution in [0.15, 0.2) is 29.3 Å². The lowest BCUT2D eigenvalue weighted by Crippen LogP contribution is -2.45. The van der Waals surface area contributed by atoms with Crippen LogP contribution in [0.4, 0.5) is 5.13 Å². The second kappa shape index (κ2) is 8.55. The number of aromatic nitrogens is 1. The summed E-state index contributed by atoms with van der Waals surface area (Å²) in [6.45, 7) is 4.23. The van der Waals surface area contributed by atoms with Crippen LogP contribution in [-0.2, 0) is 4.74 Å². The van der Waals surface area contributed by atoms with E-state index in [1.165, 1.54) is 4.70 Å². The Morgan fingerprint density at radius 2 is 2.18 bits per heavy atom. The Bertz CT molecular complexity index is 580. The smallest absolute Gasteiger partial charge is 0.191 e. The molecule has 1 heterocycles. The summed E-state index contributed by atoms with van der Waals surface area (Å²) in [4.78, 5) is 8.73. The maximum Gasteiger partial charge on any atom is 0.191 e. The molecule has 0 saturated carbocycles. The Kier molecular flexibility index (Phi) is 6.42. The van der Waals surface area contributed by atoms with Crippen molar-refractivity contribution < 1.29 is 4.74 Å². The van der Waals surface area contributed by atoms with Crippen LogP contribution in [0.1, 0.15) is 6.92 Å². The predicted molar refractivity (Wildman–Crippen MR) is 93.9 cm³/mol. The first kappa shape index (κ1) is 16.5. The van der Waals surface area contributed by atoms with E-state index in [0.717, 1.165) is 29.7 Å². The van der Waals surface area contributed by atoms with Crippen LogP contribution in [0.3, 0.4) is 0 Å². The largest absolute Gasteiger partial charge is 0.383 e.